The van der Waals surface area contributed by atoms with Gasteiger partial charge < -0.3 is 15.8 Å². The fourth-order valence-electron chi connectivity index (χ4n) is 1.66. The normalized spacial score (nSPS) is 21.7. The number of urea groups is 1. The van der Waals surface area contributed by atoms with Gasteiger partial charge in [-0.15, -0.1) is 0 Å². The highest BCUT2D eigenvalue weighted by atomic mass is 16.5. The summed E-state index contributed by atoms with van der Waals surface area (Å²) >= 11 is 0. The van der Waals surface area contributed by atoms with Crippen LogP contribution < -0.4 is 16.4 Å². The highest BCUT2D eigenvalue weighted by Gasteiger charge is 2.17. The zero-order valence-electron chi connectivity index (χ0n) is 9.49. The number of hydrogen-bond donors (Lipinski definition) is 3. The van der Waals surface area contributed by atoms with Crippen LogP contribution in [0.3, 0.4) is 0 Å². The number of carbonyl (C=O) groups excluding carboxylic acids is 2. The average Bonchev–Trinajstić information content (AvgIpc) is 2.69. The first kappa shape index (κ1) is 12.9. The van der Waals surface area contributed by atoms with Gasteiger partial charge in [-0.3, -0.25) is 10.1 Å². The summed E-state index contributed by atoms with van der Waals surface area (Å²) in [7, 11) is 0. The molecule has 1 rings (SSSR count). The first-order valence-corrected chi connectivity index (χ1v) is 5.55. The predicted molar refractivity (Wildman–Crippen MR) is 58.8 cm³/mol. The Labute approximate surface area is 94.9 Å². The number of nitrogens with two attached hydrogens (primary N) is 1. The van der Waals surface area contributed by atoms with E-state index in [0.29, 0.717) is 12.6 Å². The fourth-order valence-corrected chi connectivity index (χ4v) is 1.66. The maximum absolute atomic E-state index is 11.3. The number of amides is 3. The number of hydrogen-bond acceptors (Lipinski definition) is 4. The molecule has 1 aliphatic rings. The van der Waals surface area contributed by atoms with Crippen LogP contribution in [0.5, 0.6) is 0 Å². The maximum Gasteiger partial charge on any atom is 0.318 e. The Hall–Kier alpha value is -1.14. The molecule has 0 bridgehead atoms. The van der Waals surface area contributed by atoms with Gasteiger partial charge >= 0.3 is 6.03 Å². The highest BCUT2D eigenvalue weighted by molar-refractivity contribution is 5.96. The Bertz CT molecular complexity index is 252. The third-order valence-corrected chi connectivity index (χ3v) is 2.58. The first-order chi connectivity index (χ1) is 7.59. The molecule has 6 nitrogen and oxygen atoms in total. The Balaban J connectivity index is 2.11. The zero-order chi connectivity index (χ0) is 12.0. The molecule has 0 aliphatic carbocycles. The molecule has 3 amide bonds. The van der Waals surface area contributed by atoms with Gasteiger partial charge in [-0.1, -0.05) is 0 Å². The molecule has 1 heterocycles. The third-order valence-electron chi connectivity index (χ3n) is 2.58. The summed E-state index contributed by atoms with van der Waals surface area (Å²) in [6.07, 6.45) is 3.39. The molecule has 92 valence electrons. The van der Waals surface area contributed by atoms with Crippen LogP contribution in [0.15, 0.2) is 0 Å². The van der Waals surface area contributed by atoms with Crippen molar-refractivity contribution in [2.45, 2.75) is 38.3 Å². The average molecular weight is 229 g/mol. The van der Waals surface area contributed by atoms with E-state index in [9.17, 15) is 9.59 Å². The van der Waals surface area contributed by atoms with Gasteiger partial charge in [0, 0.05) is 6.61 Å². The fraction of sp³-hybridized carbons (Fsp3) is 0.800. The molecule has 1 saturated heterocycles. The monoisotopic (exact) mass is 229 g/mol. The molecule has 4 N–H and O–H groups in total. The lowest BCUT2D eigenvalue weighted by molar-refractivity contribution is -0.121. The molecular formula is C10H19N3O3. The third kappa shape index (κ3) is 4.59. The van der Waals surface area contributed by atoms with Gasteiger partial charge in [0.2, 0.25) is 5.91 Å². The molecule has 0 aromatic heterocycles. The van der Waals surface area contributed by atoms with Crippen LogP contribution in [0, 0.1) is 0 Å². The van der Waals surface area contributed by atoms with Crippen molar-refractivity contribution in [1.29, 1.82) is 0 Å². The Morgan fingerprint density at radius 3 is 2.88 bits per heavy atom. The Morgan fingerprint density at radius 1 is 1.56 bits per heavy atom. The van der Waals surface area contributed by atoms with Crippen LogP contribution in [0.2, 0.25) is 0 Å². The Kier molecular flexibility index (Phi) is 5.21. The van der Waals surface area contributed by atoms with E-state index in [1.807, 2.05) is 5.32 Å². The van der Waals surface area contributed by atoms with E-state index in [1.54, 1.807) is 6.92 Å². The van der Waals surface area contributed by atoms with Crippen molar-refractivity contribution in [1.82, 2.24) is 10.6 Å². The van der Waals surface area contributed by atoms with E-state index in [1.165, 1.54) is 0 Å². The van der Waals surface area contributed by atoms with Crippen molar-refractivity contribution in [3.8, 4) is 0 Å². The molecule has 0 spiro atoms. The van der Waals surface area contributed by atoms with E-state index >= 15 is 0 Å². The van der Waals surface area contributed by atoms with Crippen molar-refractivity contribution >= 4 is 11.9 Å². The molecular weight excluding hydrogens is 210 g/mol. The first-order valence-electron chi connectivity index (χ1n) is 5.55. The van der Waals surface area contributed by atoms with Crippen LogP contribution in [0.4, 0.5) is 4.79 Å². The minimum atomic E-state index is -0.822. The quantitative estimate of drug-likeness (QED) is 0.605. The van der Waals surface area contributed by atoms with Gasteiger partial charge in [0.25, 0.3) is 0 Å². The smallest absolute Gasteiger partial charge is 0.318 e. The number of imide groups is 1. The Morgan fingerprint density at radius 2 is 2.31 bits per heavy atom. The minimum absolute atomic E-state index is 0.305. The van der Waals surface area contributed by atoms with E-state index in [0.717, 1.165) is 25.9 Å². The van der Waals surface area contributed by atoms with E-state index in [4.69, 9.17) is 10.5 Å². The second kappa shape index (κ2) is 6.44. The lowest BCUT2D eigenvalue weighted by atomic mass is 10.2. The summed E-state index contributed by atoms with van der Waals surface area (Å²) in [5.74, 6) is -0.403. The molecule has 0 aromatic rings. The highest BCUT2D eigenvalue weighted by Crippen LogP contribution is 2.14. The topological polar surface area (TPSA) is 93.4 Å². The summed E-state index contributed by atoms with van der Waals surface area (Å²) in [6.45, 7) is 3.22. The zero-order valence-corrected chi connectivity index (χ0v) is 9.49. The van der Waals surface area contributed by atoms with Gasteiger partial charge in [0.1, 0.15) is 0 Å². The molecule has 0 saturated carbocycles. The molecule has 1 aliphatic heterocycles. The summed E-state index contributed by atoms with van der Waals surface area (Å²) in [5, 5.41) is 5.04. The van der Waals surface area contributed by atoms with Crippen molar-refractivity contribution in [2.75, 3.05) is 13.2 Å². The number of carbonyl (C=O) groups is 2. The van der Waals surface area contributed by atoms with Crippen LogP contribution in [0.25, 0.3) is 0 Å². The second-order valence-electron chi connectivity index (χ2n) is 3.95. The van der Waals surface area contributed by atoms with Gasteiger partial charge in [0.05, 0.1) is 12.1 Å². The predicted octanol–water partition coefficient (Wildman–Crippen LogP) is -0.271. The van der Waals surface area contributed by atoms with Crippen LogP contribution in [-0.2, 0) is 9.53 Å². The lowest BCUT2D eigenvalue weighted by Crippen LogP contribution is -2.46. The van der Waals surface area contributed by atoms with Gasteiger partial charge in [-0.05, 0) is 32.7 Å². The summed E-state index contributed by atoms with van der Waals surface area (Å²) in [5.41, 5.74) is 4.84. The van der Waals surface area contributed by atoms with Gasteiger partial charge in [-0.2, -0.15) is 0 Å². The van der Waals surface area contributed by atoms with Crippen LogP contribution in [0.1, 0.15) is 26.2 Å². The van der Waals surface area contributed by atoms with Crippen molar-refractivity contribution in [2.24, 2.45) is 5.73 Å². The van der Waals surface area contributed by atoms with Crippen molar-refractivity contribution in [3.05, 3.63) is 0 Å². The van der Waals surface area contributed by atoms with Gasteiger partial charge in [-0.25, -0.2) is 4.79 Å². The molecule has 0 aromatic carbocycles. The van der Waals surface area contributed by atoms with E-state index < -0.39 is 18.0 Å². The van der Waals surface area contributed by atoms with E-state index in [-0.39, 0.29) is 0 Å². The standard InChI is InChI=1S/C10H19N3O3/c1-7(9(14)13-10(11)15)12-5-4-8-3-2-6-16-8/h7-8,12H,2-6H2,1H3,(H3,11,13,14,15). The summed E-state index contributed by atoms with van der Waals surface area (Å²) < 4.78 is 5.45. The number of primary amides is 1. The molecule has 1 fully saturated rings. The molecule has 6 heteroatoms. The summed E-state index contributed by atoms with van der Waals surface area (Å²) in [4.78, 5) is 21.7. The SMILES string of the molecule is CC(NCCC1CCCO1)C(=O)NC(N)=O. The lowest BCUT2D eigenvalue weighted by Gasteiger charge is -2.14. The van der Waals surface area contributed by atoms with E-state index in [2.05, 4.69) is 5.32 Å². The van der Waals surface area contributed by atoms with Crippen molar-refractivity contribution in [3.63, 3.8) is 0 Å². The van der Waals surface area contributed by atoms with Crippen LogP contribution in [-0.4, -0.2) is 37.2 Å². The number of ether oxygens (including phenoxy) is 1. The molecule has 0 radical (unpaired) electrons. The van der Waals surface area contributed by atoms with Crippen LogP contribution >= 0.6 is 0 Å². The molecule has 16 heavy (non-hydrogen) atoms. The number of nitrogens with one attached hydrogen (secondary N) is 2. The summed E-state index contributed by atoms with van der Waals surface area (Å²) in [6, 6.07) is -1.24. The van der Waals surface area contributed by atoms with Crippen molar-refractivity contribution < 1.29 is 14.3 Å². The molecule has 2 unspecified atom stereocenters. The maximum atomic E-state index is 11.3. The minimum Gasteiger partial charge on any atom is -0.378 e. The van der Waals surface area contributed by atoms with Gasteiger partial charge in [0.15, 0.2) is 0 Å². The molecule has 2 atom stereocenters. The number of rotatable bonds is 5. The largest absolute Gasteiger partial charge is 0.378 e. The second-order valence-corrected chi connectivity index (χ2v) is 3.95.